The molecule has 0 saturated heterocycles. The number of fused-ring (bicyclic) bond motifs is 3. The van der Waals surface area contributed by atoms with E-state index in [1.54, 1.807) is 11.3 Å². The van der Waals surface area contributed by atoms with Crippen molar-refractivity contribution in [1.82, 2.24) is 9.13 Å². The number of thiophene rings is 1. The van der Waals surface area contributed by atoms with Crippen LogP contribution in [-0.4, -0.2) is 9.13 Å². The van der Waals surface area contributed by atoms with E-state index >= 15 is 0 Å². The molecule has 2 aromatic carbocycles. The molecule has 0 spiro atoms. The van der Waals surface area contributed by atoms with Gasteiger partial charge in [0, 0.05) is 11.4 Å². The van der Waals surface area contributed by atoms with Crippen LogP contribution in [0.3, 0.4) is 0 Å². The third kappa shape index (κ3) is 3.75. The maximum absolute atomic E-state index is 13.7. The fourth-order valence-electron chi connectivity index (χ4n) is 4.89. The van der Waals surface area contributed by atoms with E-state index in [2.05, 4.69) is 24.3 Å². The van der Waals surface area contributed by atoms with E-state index in [4.69, 9.17) is 0 Å². The van der Waals surface area contributed by atoms with E-state index < -0.39 is 0 Å². The highest BCUT2D eigenvalue weighted by Crippen LogP contribution is 2.34. The Kier molecular flexibility index (Phi) is 5.83. The number of hydrogen-bond acceptors (Lipinski definition) is 3. The molecule has 0 radical (unpaired) electrons. The first kappa shape index (κ1) is 21.0. The van der Waals surface area contributed by atoms with E-state index in [9.17, 15) is 9.59 Å². The van der Waals surface area contributed by atoms with Gasteiger partial charge in [-0.2, -0.15) is 0 Å². The highest BCUT2D eigenvalue weighted by atomic mass is 32.1. The summed E-state index contributed by atoms with van der Waals surface area (Å²) in [5.41, 5.74) is 3.12. The van der Waals surface area contributed by atoms with Crippen molar-refractivity contribution in [2.75, 3.05) is 0 Å². The summed E-state index contributed by atoms with van der Waals surface area (Å²) < 4.78 is 3.36. The molecule has 0 aliphatic heterocycles. The Bertz CT molecular complexity index is 1350. The monoisotopic (exact) mass is 444 g/mol. The van der Waals surface area contributed by atoms with Crippen LogP contribution in [0.2, 0.25) is 0 Å². The van der Waals surface area contributed by atoms with Gasteiger partial charge < -0.3 is 0 Å². The Morgan fingerprint density at radius 3 is 2.38 bits per heavy atom. The van der Waals surface area contributed by atoms with Gasteiger partial charge in [0.2, 0.25) is 0 Å². The summed E-state index contributed by atoms with van der Waals surface area (Å²) in [7, 11) is 0. The lowest BCUT2D eigenvalue weighted by molar-refractivity contribution is 0.528. The number of rotatable bonds is 6. The molecule has 5 heteroatoms. The number of benzene rings is 2. The molecule has 5 rings (SSSR count). The van der Waals surface area contributed by atoms with E-state index in [-0.39, 0.29) is 17.3 Å². The summed E-state index contributed by atoms with van der Waals surface area (Å²) in [6.07, 6.45) is 5.99. The van der Waals surface area contributed by atoms with Crippen molar-refractivity contribution in [3.8, 4) is 0 Å². The lowest BCUT2D eigenvalue weighted by Gasteiger charge is -2.18. The van der Waals surface area contributed by atoms with E-state index in [1.807, 2.05) is 47.9 Å². The zero-order chi connectivity index (χ0) is 22.1. The fraction of sp³-hybridized carbons (Fsp3) is 0.333. The molecular formula is C27H28N2O2S. The van der Waals surface area contributed by atoms with Crippen LogP contribution in [0.1, 0.15) is 53.8 Å². The molecule has 2 aromatic heterocycles. The Morgan fingerprint density at radius 1 is 0.938 bits per heavy atom. The third-order valence-corrected chi connectivity index (χ3v) is 7.94. The average molecular weight is 445 g/mol. The largest absolute Gasteiger partial charge is 0.332 e. The van der Waals surface area contributed by atoms with Crippen LogP contribution in [-0.2, 0) is 25.8 Å². The van der Waals surface area contributed by atoms with E-state index in [0.717, 1.165) is 54.3 Å². The van der Waals surface area contributed by atoms with Gasteiger partial charge in [-0.15, -0.1) is 11.3 Å². The molecule has 1 aliphatic rings. The van der Waals surface area contributed by atoms with Crippen molar-refractivity contribution in [1.29, 1.82) is 0 Å². The summed E-state index contributed by atoms with van der Waals surface area (Å²) in [5, 5.41) is 0.784. The predicted octanol–water partition coefficient (Wildman–Crippen LogP) is 5.35. The van der Waals surface area contributed by atoms with Crippen molar-refractivity contribution in [2.24, 2.45) is 0 Å². The molecular weight excluding hydrogens is 416 g/mol. The second-order valence-corrected chi connectivity index (χ2v) is 9.76. The summed E-state index contributed by atoms with van der Waals surface area (Å²) in [4.78, 5) is 29.6. The van der Waals surface area contributed by atoms with E-state index in [0.29, 0.717) is 6.54 Å². The summed E-state index contributed by atoms with van der Waals surface area (Å²) >= 11 is 1.67. The molecule has 0 bridgehead atoms. The highest BCUT2D eigenvalue weighted by Gasteiger charge is 2.25. The summed E-state index contributed by atoms with van der Waals surface area (Å²) in [6, 6.07) is 19.9. The fourth-order valence-corrected chi connectivity index (χ4v) is 6.29. The molecule has 164 valence electrons. The van der Waals surface area contributed by atoms with Crippen molar-refractivity contribution in [2.45, 2.75) is 58.0 Å². The first-order chi connectivity index (χ1) is 15.6. The van der Waals surface area contributed by atoms with Gasteiger partial charge in [-0.25, -0.2) is 4.79 Å². The van der Waals surface area contributed by atoms with Crippen molar-refractivity contribution in [3.05, 3.63) is 103 Å². The van der Waals surface area contributed by atoms with Crippen LogP contribution in [0, 0.1) is 0 Å². The standard InChI is InChI=1S/C27H28N2O2S/c1-19(21-14-6-3-7-15-21)29-25(30)24-22-16-8-9-17-23(22)32-26(24)28(27(29)31)18-10-13-20-11-4-2-5-12-20/h2-7,11-12,14-15,19H,8-10,13,16-18H2,1H3. The lowest BCUT2D eigenvalue weighted by atomic mass is 9.97. The molecule has 2 heterocycles. The number of hydrogen-bond donors (Lipinski definition) is 0. The van der Waals surface area contributed by atoms with Crippen LogP contribution < -0.4 is 11.2 Å². The first-order valence-corrected chi connectivity index (χ1v) is 12.3. The lowest BCUT2D eigenvalue weighted by Crippen LogP contribution is -2.42. The molecule has 4 aromatic rings. The molecule has 0 fully saturated rings. The van der Waals surface area contributed by atoms with Gasteiger partial charge in [-0.1, -0.05) is 60.7 Å². The molecule has 0 N–H and O–H groups in total. The highest BCUT2D eigenvalue weighted by molar-refractivity contribution is 7.18. The zero-order valence-corrected chi connectivity index (χ0v) is 19.2. The first-order valence-electron chi connectivity index (χ1n) is 11.5. The quantitative estimate of drug-likeness (QED) is 0.403. The number of nitrogens with zero attached hydrogens (tertiary/aromatic N) is 2. The van der Waals surface area contributed by atoms with Gasteiger partial charge in [-0.05, 0) is 62.1 Å². The maximum atomic E-state index is 13.7. The van der Waals surface area contributed by atoms with Crippen molar-refractivity contribution in [3.63, 3.8) is 0 Å². The third-order valence-electron chi connectivity index (χ3n) is 6.63. The minimum atomic E-state index is -0.305. The van der Waals surface area contributed by atoms with E-state index in [1.165, 1.54) is 20.6 Å². The molecule has 0 saturated carbocycles. The second-order valence-electron chi connectivity index (χ2n) is 8.68. The Hall–Kier alpha value is -2.92. The molecule has 1 aliphatic carbocycles. The van der Waals surface area contributed by atoms with Crippen LogP contribution in [0.15, 0.2) is 70.3 Å². The maximum Gasteiger partial charge on any atom is 0.332 e. The van der Waals surface area contributed by atoms with Gasteiger partial charge in [0.15, 0.2) is 0 Å². The molecule has 1 unspecified atom stereocenters. The Morgan fingerprint density at radius 2 is 1.62 bits per heavy atom. The van der Waals surface area contributed by atoms with Crippen LogP contribution in [0.25, 0.3) is 10.2 Å². The molecule has 32 heavy (non-hydrogen) atoms. The minimum absolute atomic E-state index is 0.125. The predicted molar refractivity (Wildman–Crippen MR) is 132 cm³/mol. The van der Waals surface area contributed by atoms with Crippen LogP contribution in [0.5, 0.6) is 0 Å². The Balaban J connectivity index is 1.63. The zero-order valence-electron chi connectivity index (χ0n) is 18.4. The van der Waals surface area contributed by atoms with Gasteiger partial charge >= 0.3 is 5.69 Å². The van der Waals surface area contributed by atoms with Crippen molar-refractivity contribution < 1.29 is 0 Å². The molecule has 4 nitrogen and oxygen atoms in total. The molecule has 1 atom stereocenters. The van der Waals surface area contributed by atoms with Gasteiger partial charge in [0.05, 0.1) is 11.4 Å². The number of aryl methyl sites for hydroxylation is 4. The minimum Gasteiger partial charge on any atom is -0.284 e. The van der Waals surface area contributed by atoms with Crippen LogP contribution in [0.4, 0.5) is 0 Å². The van der Waals surface area contributed by atoms with Crippen molar-refractivity contribution >= 4 is 21.6 Å². The SMILES string of the molecule is CC(c1ccccc1)n1c(=O)c2c3c(sc2n(CCCc2ccccc2)c1=O)CCCC3. The van der Waals surface area contributed by atoms with Gasteiger partial charge in [0.1, 0.15) is 4.83 Å². The van der Waals surface area contributed by atoms with Crippen LogP contribution >= 0.6 is 11.3 Å². The average Bonchev–Trinajstić information content (AvgIpc) is 3.22. The molecule has 0 amide bonds. The number of aromatic nitrogens is 2. The van der Waals surface area contributed by atoms with Gasteiger partial charge in [0.25, 0.3) is 5.56 Å². The van der Waals surface area contributed by atoms with Gasteiger partial charge in [-0.3, -0.25) is 13.9 Å². The smallest absolute Gasteiger partial charge is 0.284 e. The second kappa shape index (κ2) is 8.91. The Labute approximate surface area is 191 Å². The normalized spacial score (nSPS) is 14.4. The summed E-state index contributed by atoms with van der Waals surface area (Å²) in [6.45, 7) is 2.57. The summed E-state index contributed by atoms with van der Waals surface area (Å²) in [5.74, 6) is 0. The topological polar surface area (TPSA) is 44.0 Å².